The summed E-state index contributed by atoms with van der Waals surface area (Å²) in [7, 11) is -2.94. The largest absolute Gasteiger partial charge is 0.492 e. The maximum Gasteiger partial charge on any atom is 0.274 e. The Labute approximate surface area is 424 Å². The number of nitriles is 1. The van der Waals surface area contributed by atoms with Crippen LogP contribution in [0, 0.1) is 25.2 Å². The molecule has 1 aromatic heterocycles. The van der Waals surface area contributed by atoms with Crippen LogP contribution in [0.15, 0.2) is 60.7 Å². The van der Waals surface area contributed by atoms with Gasteiger partial charge in [0.15, 0.2) is 5.82 Å². The number of benzene rings is 3. The van der Waals surface area contributed by atoms with Crippen molar-refractivity contribution in [1.29, 1.82) is 5.26 Å². The second-order valence-electron chi connectivity index (χ2n) is 17.8. The van der Waals surface area contributed by atoms with Crippen molar-refractivity contribution in [2.75, 3.05) is 46.4 Å². The second-order valence-corrected chi connectivity index (χ2v) is 19.2. The zero-order valence-corrected chi connectivity index (χ0v) is 42.2. The predicted octanol–water partition coefficient (Wildman–Crippen LogP) is 1.48. The normalized spacial score (nSPS) is 17.6. The molecule has 22 nitrogen and oxygen atoms in total. The number of rotatable bonds is 19. The first kappa shape index (κ1) is 55.1. The summed E-state index contributed by atoms with van der Waals surface area (Å²) in [6, 6.07) is 13.5. The van der Waals surface area contributed by atoms with E-state index in [-0.39, 0.29) is 74.3 Å². The van der Waals surface area contributed by atoms with Crippen molar-refractivity contribution < 1.29 is 46.6 Å². The van der Waals surface area contributed by atoms with Crippen molar-refractivity contribution >= 4 is 39.7 Å². The maximum absolute atomic E-state index is 15.0. The highest BCUT2D eigenvalue weighted by Crippen LogP contribution is 2.40. The van der Waals surface area contributed by atoms with Crippen LogP contribution in [0.4, 0.5) is 0 Å². The van der Waals surface area contributed by atoms with E-state index in [0.29, 0.717) is 39.6 Å². The first-order chi connectivity index (χ1) is 34.9. The van der Waals surface area contributed by atoms with Crippen molar-refractivity contribution in [3.05, 3.63) is 88.7 Å². The van der Waals surface area contributed by atoms with Crippen molar-refractivity contribution in [2.24, 2.45) is 16.6 Å². The number of nitrogens with one attached hydrogen (secondary N) is 5. The van der Waals surface area contributed by atoms with Gasteiger partial charge in [-0.1, -0.05) is 18.6 Å². The monoisotopic (exact) mass is 1020 g/mol. The molecule has 11 N–H and O–H groups in total. The molecule has 5 amide bonds. The molecule has 6 rings (SSSR count). The smallest absolute Gasteiger partial charge is 0.274 e. The Balaban J connectivity index is 1.38. The number of hydrogen-bond donors (Lipinski definition) is 8. The summed E-state index contributed by atoms with van der Waals surface area (Å²) in [5.41, 5.74) is 14.6. The fourth-order valence-corrected chi connectivity index (χ4v) is 9.17. The van der Waals surface area contributed by atoms with Gasteiger partial charge in [0, 0.05) is 49.8 Å². The molecule has 1 saturated carbocycles. The third-order valence-electron chi connectivity index (χ3n) is 12.4. The molecule has 390 valence electrons. The number of likely N-dealkylation sites (N-methyl/N-ethyl adjacent to an activating group) is 1. The van der Waals surface area contributed by atoms with Gasteiger partial charge >= 0.3 is 0 Å². The molecule has 1 fully saturated rings. The number of aryl methyl sites for hydroxylation is 2. The van der Waals surface area contributed by atoms with Crippen molar-refractivity contribution in [3.8, 4) is 45.8 Å². The molecular weight excluding hydrogens is 961 g/mol. The molecule has 23 heteroatoms. The summed E-state index contributed by atoms with van der Waals surface area (Å²) in [5.74, 6) is -2.15. The van der Waals surface area contributed by atoms with Crippen LogP contribution in [-0.2, 0) is 35.8 Å². The van der Waals surface area contributed by atoms with Gasteiger partial charge in [-0.3, -0.25) is 24.0 Å². The summed E-state index contributed by atoms with van der Waals surface area (Å²) in [5, 5.41) is 25.0. The number of hydrogen-bond acceptors (Lipinski definition) is 15. The molecule has 4 bridgehead atoms. The Morgan fingerprint density at radius 3 is 2.14 bits per heavy atom. The zero-order chi connectivity index (χ0) is 52.8. The number of fused-ring (bicyclic) bond motifs is 5. The fraction of sp³-hybridized carbons (Fsp3) is 0.440. The van der Waals surface area contributed by atoms with Crippen molar-refractivity contribution in [1.82, 2.24) is 40.9 Å². The van der Waals surface area contributed by atoms with Crippen molar-refractivity contribution in [3.63, 3.8) is 0 Å². The molecule has 3 aromatic carbocycles. The number of nitrogens with zero attached hydrogens (tertiary/aromatic N) is 4. The van der Waals surface area contributed by atoms with Crippen LogP contribution in [-0.4, -0.2) is 123 Å². The van der Waals surface area contributed by atoms with Gasteiger partial charge < -0.3 is 51.8 Å². The van der Waals surface area contributed by atoms with E-state index in [1.165, 1.54) is 20.4 Å². The Hall–Kier alpha value is -7.23. The van der Waals surface area contributed by atoms with E-state index in [0.717, 1.165) is 36.3 Å². The number of aromatic nitrogens is 2. The van der Waals surface area contributed by atoms with Crippen LogP contribution >= 0.6 is 0 Å². The highest BCUT2D eigenvalue weighted by Gasteiger charge is 2.37. The average molecular weight is 1030 g/mol. The molecule has 4 atom stereocenters. The van der Waals surface area contributed by atoms with Crippen LogP contribution in [0.1, 0.15) is 84.4 Å². The third kappa shape index (κ3) is 14.7. The number of amides is 5. The van der Waals surface area contributed by atoms with E-state index in [9.17, 15) is 37.7 Å². The van der Waals surface area contributed by atoms with Crippen LogP contribution in [0.2, 0.25) is 0 Å². The van der Waals surface area contributed by atoms with Gasteiger partial charge in [-0.2, -0.15) is 13.7 Å². The van der Waals surface area contributed by atoms with E-state index >= 15 is 0 Å². The zero-order valence-electron chi connectivity index (χ0n) is 41.4. The summed E-state index contributed by atoms with van der Waals surface area (Å²) >= 11 is 0. The summed E-state index contributed by atoms with van der Waals surface area (Å²) in [6.07, 6.45) is 5.27. The molecule has 4 aromatic rings. The predicted molar refractivity (Wildman–Crippen MR) is 270 cm³/mol. The number of ether oxygens (including phenoxy) is 3. The third-order valence-corrected chi connectivity index (χ3v) is 13.0. The van der Waals surface area contributed by atoms with Gasteiger partial charge in [0.25, 0.3) is 16.1 Å². The molecule has 2 aliphatic rings. The molecule has 0 saturated heterocycles. The lowest BCUT2D eigenvalue weighted by Gasteiger charge is -2.33. The first-order valence-electron chi connectivity index (χ1n) is 24.1. The van der Waals surface area contributed by atoms with Crippen LogP contribution in [0.3, 0.4) is 0 Å². The topological polar surface area (TPSA) is 338 Å². The number of carbonyl (C=O) groups excluding carboxylic acids is 5. The summed E-state index contributed by atoms with van der Waals surface area (Å²) in [4.78, 5) is 81.6. The van der Waals surface area contributed by atoms with Crippen LogP contribution in [0.25, 0.3) is 22.5 Å². The quantitative estimate of drug-likeness (QED) is 0.0617. The molecular formula is C50H64N12O10S. The summed E-state index contributed by atoms with van der Waals surface area (Å²) < 4.78 is 44.6. The minimum Gasteiger partial charge on any atom is -0.492 e. The van der Waals surface area contributed by atoms with Crippen LogP contribution in [0.5, 0.6) is 17.2 Å². The van der Waals surface area contributed by atoms with Gasteiger partial charge in [-0.25, -0.2) is 19.8 Å². The highest BCUT2D eigenvalue weighted by molar-refractivity contribution is 7.87. The fourth-order valence-electron chi connectivity index (χ4n) is 8.77. The Morgan fingerprint density at radius 1 is 0.890 bits per heavy atom. The highest BCUT2D eigenvalue weighted by atomic mass is 32.2. The van der Waals surface area contributed by atoms with Crippen molar-refractivity contribution in [2.45, 2.75) is 96.0 Å². The van der Waals surface area contributed by atoms with Gasteiger partial charge in [0.1, 0.15) is 61.2 Å². The SMILES string of the molecule is Cc1nc(-c2ccc(OC3CCCCC3)cc2)nc(C)c1C(=O)NC(CCNS(N)(=O)=O)C(=O)N(C)[C@@H]1C(=O)N[C@@H](C)C(=O)N[C@H](C(=O)NCC#N)Cc2ccc(OCCN)c(c2)-c2cc1ccc2OCCN. The Bertz CT molecular complexity index is 2780. The maximum atomic E-state index is 15.0. The second kappa shape index (κ2) is 25.4. The summed E-state index contributed by atoms with van der Waals surface area (Å²) in [6.45, 7) is 4.38. The first-order valence-corrected chi connectivity index (χ1v) is 25.6. The molecule has 1 aliphatic heterocycles. The van der Waals surface area contributed by atoms with E-state index < -0.39 is 70.5 Å². The number of nitrogens with two attached hydrogens (primary N) is 3. The lowest BCUT2D eigenvalue weighted by atomic mass is 9.93. The molecule has 1 unspecified atom stereocenters. The minimum atomic E-state index is -4.26. The average Bonchev–Trinajstić information content (AvgIpc) is 3.36. The van der Waals surface area contributed by atoms with Crippen LogP contribution < -0.4 is 56.8 Å². The molecule has 2 heterocycles. The van der Waals surface area contributed by atoms with E-state index in [2.05, 4.69) is 36.0 Å². The van der Waals surface area contributed by atoms with Gasteiger partial charge in [0.2, 0.25) is 23.6 Å². The van der Waals surface area contributed by atoms with Gasteiger partial charge in [-0.05, 0) is 113 Å². The van der Waals surface area contributed by atoms with E-state index in [1.807, 2.05) is 30.3 Å². The Kier molecular flexibility index (Phi) is 19.2. The van der Waals surface area contributed by atoms with Gasteiger partial charge in [-0.15, -0.1) is 0 Å². The molecule has 0 radical (unpaired) electrons. The molecule has 0 spiro atoms. The molecule has 1 aliphatic carbocycles. The lowest BCUT2D eigenvalue weighted by molar-refractivity contribution is -0.141. The minimum absolute atomic E-state index is 0.0426. The Morgan fingerprint density at radius 2 is 1.52 bits per heavy atom. The standard InChI is InChI=1S/C50H64N12O10S/c1-29-43(30(2)58-45(57-29)33-11-14-36(15-12-33)72-35-8-6-5-7-9-35)48(65)60-39(18-22-56-73(54,68)69)50(67)62(4)44-34-13-17-42(71-25-21-53)38(28-34)37-26-32(10-16-41(37)70-24-20-52)27-40(47(64)55-23-19-51)61-46(63)31(3)59-49(44)66/h10-17,26,28,31,35,39-40,44,56H,5-9,18,20-25,27,52-53H2,1-4H3,(H,55,64)(H,59,66)(H,60,65)(H,61,63)(H2,54,68,69)/t31-,39?,40-,44-/m0/s1. The lowest BCUT2D eigenvalue weighted by Crippen LogP contribution is -2.56. The number of carbonyl (C=O) groups is 5. The van der Waals surface area contributed by atoms with E-state index in [4.69, 9.17) is 30.8 Å². The molecule has 73 heavy (non-hydrogen) atoms. The van der Waals surface area contributed by atoms with Gasteiger partial charge in [0.05, 0.1) is 29.1 Å². The van der Waals surface area contributed by atoms with E-state index in [1.54, 1.807) is 50.2 Å².